The Kier molecular flexibility index (Phi) is 2.65. The van der Waals surface area contributed by atoms with Crippen molar-refractivity contribution in [3.8, 4) is 0 Å². The van der Waals surface area contributed by atoms with Gasteiger partial charge in [-0.15, -0.1) is 0 Å². The number of hydrogen-bond acceptors (Lipinski definition) is 1. The first-order valence-electron chi connectivity index (χ1n) is 6.03. The molecule has 1 heteroatoms. The van der Waals surface area contributed by atoms with Gasteiger partial charge in [0, 0.05) is 5.92 Å². The quantitative estimate of drug-likeness (QED) is 0.611. The van der Waals surface area contributed by atoms with Gasteiger partial charge in [0.15, 0.2) is 5.78 Å². The van der Waals surface area contributed by atoms with Gasteiger partial charge in [0.25, 0.3) is 0 Å². The third-order valence-electron chi connectivity index (χ3n) is 4.40. The van der Waals surface area contributed by atoms with Gasteiger partial charge in [-0.2, -0.15) is 0 Å². The average molecular weight is 216 g/mol. The molecule has 16 heavy (non-hydrogen) atoms. The molecule has 0 radical (unpaired) electrons. The van der Waals surface area contributed by atoms with Gasteiger partial charge in [0.2, 0.25) is 0 Å². The zero-order chi connectivity index (χ0) is 11.9. The van der Waals surface area contributed by atoms with E-state index in [9.17, 15) is 4.79 Å². The molecule has 3 unspecified atom stereocenters. The van der Waals surface area contributed by atoms with Crippen LogP contribution in [0.15, 0.2) is 36.0 Å². The number of fused-ring (bicyclic) bond motifs is 1. The maximum Gasteiger partial charge on any atom is 0.163 e. The van der Waals surface area contributed by atoms with Crippen molar-refractivity contribution in [3.05, 3.63) is 36.0 Å². The molecule has 1 nitrogen and oxygen atoms in total. The summed E-state index contributed by atoms with van der Waals surface area (Å²) in [4.78, 5) is 12.0. The summed E-state index contributed by atoms with van der Waals surface area (Å²) in [5.41, 5.74) is 2.38. The Hall–Kier alpha value is -1.11. The second kappa shape index (κ2) is 3.73. The van der Waals surface area contributed by atoms with E-state index in [0.717, 1.165) is 18.4 Å². The molecule has 0 aliphatic heterocycles. The van der Waals surface area contributed by atoms with Gasteiger partial charge in [-0.1, -0.05) is 38.2 Å². The van der Waals surface area contributed by atoms with Crippen LogP contribution in [-0.2, 0) is 4.79 Å². The maximum atomic E-state index is 12.0. The molecule has 0 N–H and O–H groups in total. The third kappa shape index (κ3) is 1.59. The molecule has 2 aliphatic carbocycles. The molecule has 0 bridgehead atoms. The van der Waals surface area contributed by atoms with Gasteiger partial charge in [-0.25, -0.2) is 0 Å². The topological polar surface area (TPSA) is 17.1 Å². The minimum atomic E-state index is 0.0303. The number of rotatable bonds is 1. The van der Waals surface area contributed by atoms with Crippen molar-refractivity contribution in [2.24, 2.45) is 17.3 Å². The van der Waals surface area contributed by atoms with Crippen LogP contribution >= 0.6 is 0 Å². The van der Waals surface area contributed by atoms with E-state index < -0.39 is 0 Å². The van der Waals surface area contributed by atoms with Crippen LogP contribution in [-0.4, -0.2) is 5.78 Å². The highest BCUT2D eigenvalue weighted by Gasteiger charge is 2.42. The molecular formula is C15H20O. The molecule has 0 aromatic carbocycles. The van der Waals surface area contributed by atoms with Gasteiger partial charge >= 0.3 is 0 Å². The van der Waals surface area contributed by atoms with Gasteiger partial charge in [-0.3, -0.25) is 4.79 Å². The van der Waals surface area contributed by atoms with Crippen LogP contribution in [0, 0.1) is 17.3 Å². The highest BCUT2D eigenvalue weighted by Crippen LogP contribution is 2.49. The molecular weight excluding hydrogens is 196 g/mol. The van der Waals surface area contributed by atoms with E-state index in [-0.39, 0.29) is 17.1 Å². The van der Waals surface area contributed by atoms with E-state index in [4.69, 9.17) is 0 Å². The number of carbonyl (C=O) groups excluding carboxylic acids is 1. The summed E-state index contributed by atoms with van der Waals surface area (Å²) >= 11 is 0. The van der Waals surface area contributed by atoms with Gasteiger partial charge in [-0.05, 0) is 42.7 Å². The van der Waals surface area contributed by atoms with Crippen LogP contribution in [0.1, 0.15) is 33.6 Å². The largest absolute Gasteiger partial charge is 0.294 e. The summed E-state index contributed by atoms with van der Waals surface area (Å²) in [7, 11) is 0. The Morgan fingerprint density at radius 2 is 2.25 bits per heavy atom. The standard InChI is InChI=1S/C15H20O/c1-10(2)13-9-15(4)11(3)6-5-7-12(15)8-14(13)16/h5,7-8,11,13H,1,6,9H2,2-4H3. The van der Waals surface area contributed by atoms with Crippen molar-refractivity contribution in [1.29, 1.82) is 0 Å². The first kappa shape index (κ1) is 11.4. The first-order chi connectivity index (χ1) is 7.45. The highest BCUT2D eigenvalue weighted by atomic mass is 16.1. The molecule has 86 valence electrons. The fourth-order valence-electron chi connectivity index (χ4n) is 2.86. The summed E-state index contributed by atoms with van der Waals surface area (Å²) in [5, 5.41) is 0. The predicted octanol–water partition coefficient (Wildman–Crippen LogP) is 3.68. The SMILES string of the molecule is C=C(C)C1CC2(C)C(=CC1=O)C=CCC2C. The smallest absolute Gasteiger partial charge is 0.163 e. The molecule has 0 aromatic rings. The van der Waals surface area contributed by atoms with Gasteiger partial charge < -0.3 is 0 Å². The van der Waals surface area contributed by atoms with Crippen molar-refractivity contribution >= 4 is 5.78 Å². The Balaban J connectivity index is 2.44. The van der Waals surface area contributed by atoms with Gasteiger partial charge in [0.1, 0.15) is 0 Å². The van der Waals surface area contributed by atoms with E-state index in [2.05, 4.69) is 32.6 Å². The van der Waals surface area contributed by atoms with Crippen molar-refractivity contribution in [3.63, 3.8) is 0 Å². The summed E-state index contributed by atoms with van der Waals surface area (Å²) in [5.74, 6) is 0.875. The Labute approximate surface area is 97.9 Å². The molecule has 0 spiro atoms. The minimum Gasteiger partial charge on any atom is -0.294 e. The van der Waals surface area contributed by atoms with E-state index in [0.29, 0.717) is 5.92 Å². The van der Waals surface area contributed by atoms with E-state index >= 15 is 0 Å². The van der Waals surface area contributed by atoms with E-state index in [1.54, 1.807) is 0 Å². The minimum absolute atomic E-state index is 0.0303. The van der Waals surface area contributed by atoms with Crippen molar-refractivity contribution in [1.82, 2.24) is 0 Å². The number of carbonyl (C=O) groups is 1. The fraction of sp³-hybridized carbons (Fsp3) is 0.533. The van der Waals surface area contributed by atoms with Crippen LogP contribution < -0.4 is 0 Å². The third-order valence-corrected chi connectivity index (χ3v) is 4.40. The zero-order valence-electron chi connectivity index (χ0n) is 10.4. The van der Waals surface area contributed by atoms with Crippen molar-refractivity contribution in [2.75, 3.05) is 0 Å². The molecule has 0 saturated carbocycles. The summed E-state index contributed by atoms with van der Waals surface area (Å²) < 4.78 is 0. The lowest BCUT2D eigenvalue weighted by Crippen LogP contribution is -2.37. The fourth-order valence-corrected chi connectivity index (χ4v) is 2.86. The van der Waals surface area contributed by atoms with Gasteiger partial charge in [0.05, 0.1) is 0 Å². The Bertz CT molecular complexity index is 400. The lowest BCUT2D eigenvalue weighted by atomic mass is 9.59. The lowest BCUT2D eigenvalue weighted by molar-refractivity contribution is -0.119. The zero-order valence-corrected chi connectivity index (χ0v) is 10.4. The van der Waals surface area contributed by atoms with E-state index in [1.165, 1.54) is 5.57 Å². The normalized spacial score (nSPS) is 37.9. The van der Waals surface area contributed by atoms with Crippen LogP contribution in [0.2, 0.25) is 0 Å². The predicted molar refractivity (Wildman–Crippen MR) is 67.0 cm³/mol. The van der Waals surface area contributed by atoms with Crippen LogP contribution in [0.4, 0.5) is 0 Å². The monoisotopic (exact) mass is 216 g/mol. The highest BCUT2D eigenvalue weighted by molar-refractivity contribution is 5.96. The van der Waals surface area contributed by atoms with Crippen LogP contribution in [0.5, 0.6) is 0 Å². The molecule has 2 aliphatic rings. The van der Waals surface area contributed by atoms with Crippen LogP contribution in [0.25, 0.3) is 0 Å². The molecule has 3 atom stereocenters. The summed E-state index contributed by atoms with van der Waals surface area (Å²) in [6, 6.07) is 0. The lowest BCUT2D eigenvalue weighted by Gasteiger charge is -2.44. The number of ketones is 1. The number of allylic oxidation sites excluding steroid dienone is 5. The Morgan fingerprint density at radius 3 is 2.88 bits per heavy atom. The maximum absolute atomic E-state index is 12.0. The summed E-state index contributed by atoms with van der Waals surface area (Å²) in [6.45, 7) is 10.5. The molecule has 2 rings (SSSR count). The van der Waals surface area contributed by atoms with E-state index in [1.807, 2.05) is 13.0 Å². The number of hydrogen-bond donors (Lipinski definition) is 0. The van der Waals surface area contributed by atoms with Crippen LogP contribution in [0.3, 0.4) is 0 Å². The molecule has 0 amide bonds. The Morgan fingerprint density at radius 1 is 1.56 bits per heavy atom. The second-order valence-electron chi connectivity index (χ2n) is 5.56. The average Bonchev–Trinajstić information content (AvgIpc) is 2.20. The first-order valence-corrected chi connectivity index (χ1v) is 6.03. The second-order valence-corrected chi connectivity index (χ2v) is 5.56. The molecule has 0 saturated heterocycles. The molecule has 0 heterocycles. The van der Waals surface area contributed by atoms with Crippen molar-refractivity contribution in [2.45, 2.75) is 33.6 Å². The molecule has 0 aromatic heterocycles. The molecule has 0 fully saturated rings. The van der Waals surface area contributed by atoms with Crippen molar-refractivity contribution < 1.29 is 4.79 Å². The summed E-state index contributed by atoms with van der Waals surface area (Å²) in [6.07, 6.45) is 8.21.